The van der Waals surface area contributed by atoms with E-state index in [2.05, 4.69) is 4.98 Å². The number of rotatable bonds is 4. The minimum absolute atomic E-state index is 0.0826. The highest BCUT2D eigenvalue weighted by atomic mass is 16.6. The Morgan fingerprint density at radius 2 is 2.21 bits per heavy atom. The van der Waals surface area contributed by atoms with Gasteiger partial charge in [0.05, 0.1) is 22.6 Å². The highest BCUT2D eigenvalue weighted by Crippen LogP contribution is 2.32. The summed E-state index contributed by atoms with van der Waals surface area (Å²) in [6.07, 6.45) is 3.34. The minimum atomic E-state index is -0.513. The van der Waals surface area contributed by atoms with Crippen molar-refractivity contribution in [1.29, 1.82) is 0 Å². The summed E-state index contributed by atoms with van der Waals surface area (Å²) in [4.78, 5) is 14.7. The molecular formula is C13H13N3O3. The van der Waals surface area contributed by atoms with Crippen molar-refractivity contribution in [2.75, 3.05) is 19.5 Å². The average molecular weight is 259 g/mol. The number of aromatic nitrogens is 1. The fraction of sp³-hybridized carbons (Fsp3) is 0.154. The van der Waals surface area contributed by atoms with E-state index in [4.69, 9.17) is 10.5 Å². The largest absolute Gasteiger partial charge is 0.381 e. The number of anilines is 1. The normalized spacial score (nSPS) is 11.2. The molecule has 6 nitrogen and oxygen atoms in total. The van der Waals surface area contributed by atoms with Crippen LogP contribution in [0.2, 0.25) is 0 Å². The Kier molecular flexibility index (Phi) is 3.72. The van der Waals surface area contributed by atoms with Gasteiger partial charge < -0.3 is 10.5 Å². The molecule has 1 aromatic heterocycles. The summed E-state index contributed by atoms with van der Waals surface area (Å²) in [6.45, 7) is 0.369. The maximum Gasteiger partial charge on any atom is 0.318 e. The van der Waals surface area contributed by atoms with Crippen LogP contribution >= 0.6 is 0 Å². The first kappa shape index (κ1) is 13.0. The van der Waals surface area contributed by atoms with E-state index in [9.17, 15) is 10.1 Å². The Bertz CT molecular complexity index is 653. The first-order valence-electron chi connectivity index (χ1n) is 5.63. The minimum Gasteiger partial charge on any atom is -0.381 e. The number of para-hydroxylation sites is 1. The van der Waals surface area contributed by atoms with E-state index in [0.29, 0.717) is 23.1 Å². The molecule has 0 fully saturated rings. The van der Waals surface area contributed by atoms with E-state index in [0.717, 1.165) is 0 Å². The Balaban J connectivity index is 2.73. The fourth-order valence-corrected chi connectivity index (χ4v) is 1.87. The summed E-state index contributed by atoms with van der Waals surface area (Å²) < 4.78 is 4.90. The molecule has 2 aromatic rings. The van der Waals surface area contributed by atoms with Crippen LogP contribution in [0.25, 0.3) is 17.0 Å². The summed E-state index contributed by atoms with van der Waals surface area (Å²) in [7, 11) is 1.55. The van der Waals surface area contributed by atoms with Crippen LogP contribution in [-0.4, -0.2) is 23.6 Å². The van der Waals surface area contributed by atoms with Gasteiger partial charge in [-0.1, -0.05) is 24.3 Å². The van der Waals surface area contributed by atoms with Crippen LogP contribution < -0.4 is 5.73 Å². The quantitative estimate of drug-likeness (QED) is 0.672. The first-order chi connectivity index (χ1) is 9.15. The molecule has 0 saturated carbocycles. The van der Waals surface area contributed by atoms with Gasteiger partial charge in [0.2, 0.25) is 5.82 Å². The third kappa shape index (κ3) is 2.53. The van der Waals surface area contributed by atoms with E-state index >= 15 is 0 Å². The number of methoxy groups -OCH3 is 1. The number of nitrogen functional groups attached to an aromatic ring is 1. The number of benzene rings is 1. The van der Waals surface area contributed by atoms with Gasteiger partial charge in [-0.2, -0.15) is 0 Å². The highest BCUT2D eigenvalue weighted by Gasteiger charge is 2.20. The smallest absolute Gasteiger partial charge is 0.318 e. The molecule has 0 bridgehead atoms. The number of hydrogen-bond acceptors (Lipinski definition) is 5. The van der Waals surface area contributed by atoms with Crippen molar-refractivity contribution in [1.82, 2.24) is 4.98 Å². The van der Waals surface area contributed by atoms with Crippen molar-refractivity contribution < 1.29 is 9.66 Å². The molecule has 2 N–H and O–H groups in total. The molecule has 0 aliphatic rings. The third-order valence-electron chi connectivity index (χ3n) is 2.66. The number of nitro groups is 1. The first-order valence-corrected chi connectivity index (χ1v) is 5.63. The molecule has 19 heavy (non-hydrogen) atoms. The SMILES string of the molecule is COCC=Cc1c([N+](=O)[O-])c(N)nc2ccccc12. The number of hydrogen-bond donors (Lipinski definition) is 1. The van der Waals surface area contributed by atoms with Gasteiger partial charge >= 0.3 is 5.69 Å². The van der Waals surface area contributed by atoms with Crippen molar-refractivity contribution in [2.24, 2.45) is 0 Å². The second-order valence-electron chi connectivity index (χ2n) is 3.89. The van der Waals surface area contributed by atoms with Gasteiger partial charge in [-0.3, -0.25) is 10.1 Å². The molecule has 98 valence electrons. The van der Waals surface area contributed by atoms with E-state index in [1.165, 1.54) is 0 Å². The predicted octanol–water partition coefficient (Wildman–Crippen LogP) is 2.38. The molecule has 0 radical (unpaired) electrons. The van der Waals surface area contributed by atoms with Crippen molar-refractivity contribution in [2.45, 2.75) is 0 Å². The second kappa shape index (κ2) is 5.45. The van der Waals surface area contributed by atoms with Gasteiger partial charge in [0.15, 0.2) is 0 Å². The summed E-state index contributed by atoms with van der Waals surface area (Å²) >= 11 is 0. The van der Waals surface area contributed by atoms with Gasteiger partial charge in [-0.25, -0.2) is 4.98 Å². The van der Waals surface area contributed by atoms with Crippen LogP contribution in [0, 0.1) is 10.1 Å². The summed E-state index contributed by atoms with van der Waals surface area (Å²) in [5, 5.41) is 11.8. The Hall–Kier alpha value is -2.47. The second-order valence-corrected chi connectivity index (χ2v) is 3.89. The van der Waals surface area contributed by atoms with Crippen molar-refractivity contribution >= 4 is 28.5 Å². The van der Waals surface area contributed by atoms with Gasteiger partial charge in [-0.05, 0) is 12.1 Å². The lowest BCUT2D eigenvalue weighted by molar-refractivity contribution is -0.384. The van der Waals surface area contributed by atoms with Crippen LogP contribution in [0.4, 0.5) is 11.5 Å². The zero-order valence-corrected chi connectivity index (χ0v) is 10.4. The van der Waals surface area contributed by atoms with Crippen LogP contribution in [-0.2, 0) is 4.74 Å². The van der Waals surface area contributed by atoms with Gasteiger partial charge in [0.25, 0.3) is 0 Å². The summed E-state index contributed by atoms with van der Waals surface area (Å²) in [5.74, 6) is -0.0826. The van der Waals surface area contributed by atoms with Crippen LogP contribution in [0.15, 0.2) is 30.3 Å². The van der Waals surface area contributed by atoms with Crippen LogP contribution in [0.5, 0.6) is 0 Å². The lowest BCUT2D eigenvalue weighted by atomic mass is 10.1. The molecule has 0 saturated heterocycles. The van der Waals surface area contributed by atoms with E-state index in [-0.39, 0.29) is 11.5 Å². The monoisotopic (exact) mass is 259 g/mol. The molecule has 0 amide bonds. The Labute approximate surface area is 109 Å². The van der Waals surface area contributed by atoms with Gasteiger partial charge in [0.1, 0.15) is 0 Å². The summed E-state index contributed by atoms with van der Waals surface area (Å²) in [6, 6.07) is 7.16. The van der Waals surface area contributed by atoms with Gasteiger partial charge in [-0.15, -0.1) is 0 Å². The maximum atomic E-state index is 11.1. The zero-order chi connectivity index (χ0) is 13.8. The highest BCUT2D eigenvalue weighted by molar-refractivity contribution is 5.94. The molecule has 6 heteroatoms. The number of ether oxygens (including phenoxy) is 1. The predicted molar refractivity (Wildman–Crippen MR) is 73.7 cm³/mol. The van der Waals surface area contributed by atoms with E-state index in [1.807, 2.05) is 6.07 Å². The molecule has 0 atom stereocenters. The Morgan fingerprint density at radius 3 is 2.89 bits per heavy atom. The topological polar surface area (TPSA) is 91.3 Å². The van der Waals surface area contributed by atoms with E-state index in [1.54, 1.807) is 37.5 Å². The van der Waals surface area contributed by atoms with Crippen molar-refractivity contribution in [3.05, 3.63) is 46.0 Å². The standard InChI is InChI=1S/C13H13N3O3/c1-19-8-4-6-10-9-5-2-3-7-11(9)15-13(14)12(10)16(17)18/h2-7H,8H2,1H3,(H2,14,15). The molecule has 0 aliphatic carbocycles. The zero-order valence-electron chi connectivity index (χ0n) is 10.4. The molecule has 0 unspecified atom stereocenters. The molecular weight excluding hydrogens is 246 g/mol. The molecule has 0 aliphatic heterocycles. The molecule has 0 spiro atoms. The molecule has 1 aromatic carbocycles. The van der Waals surface area contributed by atoms with Crippen LogP contribution in [0.3, 0.4) is 0 Å². The average Bonchev–Trinajstić information content (AvgIpc) is 2.38. The lowest BCUT2D eigenvalue weighted by Gasteiger charge is -2.05. The van der Waals surface area contributed by atoms with Crippen LogP contribution in [0.1, 0.15) is 5.56 Å². The number of pyridine rings is 1. The number of nitrogens with zero attached hydrogens (tertiary/aromatic N) is 2. The molecule has 2 rings (SSSR count). The van der Waals surface area contributed by atoms with E-state index < -0.39 is 4.92 Å². The number of fused-ring (bicyclic) bond motifs is 1. The maximum absolute atomic E-state index is 11.1. The lowest BCUT2D eigenvalue weighted by Crippen LogP contribution is -2.02. The van der Waals surface area contributed by atoms with Crippen molar-refractivity contribution in [3.63, 3.8) is 0 Å². The van der Waals surface area contributed by atoms with Gasteiger partial charge in [0, 0.05) is 12.5 Å². The summed E-state index contributed by atoms with van der Waals surface area (Å²) in [5.41, 5.74) is 6.58. The molecule has 1 heterocycles. The third-order valence-corrected chi connectivity index (χ3v) is 2.66. The van der Waals surface area contributed by atoms with Crippen molar-refractivity contribution in [3.8, 4) is 0 Å². The number of nitrogens with two attached hydrogens (primary N) is 1. The fourth-order valence-electron chi connectivity index (χ4n) is 1.87. The Morgan fingerprint density at radius 1 is 1.47 bits per heavy atom.